The molecule has 0 unspecified atom stereocenters. The highest BCUT2D eigenvalue weighted by Crippen LogP contribution is 2.15. The quantitative estimate of drug-likeness (QED) is 0.639. The van der Waals surface area contributed by atoms with Crippen LogP contribution in [-0.4, -0.2) is 35.6 Å². The summed E-state index contributed by atoms with van der Waals surface area (Å²) in [6.07, 6.45) is 0.987. The van der Waals surface area contributed by atoms with Crippen molar-refractivity contribution in [2.24, 2.45) is 0 Å². The first-order chi connectivity index (χ1) is 13.8. The van der Waals surface area contributed by atoms with Crippen LogP contribution in [0.1, 0.15) is 53.2 Å². The highest BCUT2D eigenvalue weighted by Gasteiger charge is 2.19. The second kappa shape index (κ2) is 10.6. The fourth-order valence-corrected chi connectivity index (χ4v) is 3.19. The fraction of sp³-hybridized carbons (Fsp3) is 0.375. The summed E-state index contributed by atoms with van der Waals surface area (Å²) in [5.74, 6) is -0.451. The van der Waals surface area contributed by atoms with Gasteiger partial charge in [0.05, 0.1) is 6.54 Å². The first-order valence-electron chi connectivity index (χ1n) is 10.1. The van der Waals surface area contributed by atoms with Gasteiger partial charge in [-0.15, -0.1) is 0 Å². The van der Waals surface area contributed by atoms with Gasteiger partial charge in [0.15, 0.2) is 5.78 Å². The maximum absolute atomic E-state index is 12.7. The van der Waals surface area contributed by atoms with Crippen LogP contribution in [0.3, 0.4) is 0 Å². The summed E-state index contributed by atoms with van der Waals surface area (Å²) < 4.78 is 0. The maximum atomic E-state index is 12.7. The number of rotatable bonds is 9. The minimum atomic E-state index is -0.234. The molecule has 2 amide bonds. The number of hydrogen-bond acceptors (Lipinski definition) is 3. The Morgan fingerprint density at radius 2 is 1.66 bits per heavy atom. The zero-order chi connectivity index (χ0) is 21.4. The molecule has 5 nitrogen and oxygen atoms in total. The molecule has 0 bridgehead atoms. The molecule has 0 heterocycles. The van der Waals surface area contributed by atoms with Crippen LogP contribution in [0.2, 0.25) is 0 Å². The van der Waals surface area contributed by atoms with Crippen LogP contribution in [0.25, 0.3) is 0 Å². The summed E-state index contributed by atoms with van der Waals surface area (Å²) in [5, 5.41) is 2.86. The van der Waals surface area contributed by atoms with Gasteiger partial charge in [0.1, 0.15) is 0 Å². The average Bonchev–Trinajstić information content (AvgIpc) is 2.69. The summed E-state index contributed by atoms with van der Waals surface area (Å²) in [5.41, 5.74) is 4.30. The smallest absolute Gasteiger partial charge is 0.244 e. The fourth-order valence-electron chi connectivity index (χ4n) is 3.19. The van der Waals surface area contributed by atoms with Crippen molar-refractivity contribution in [1.29, 1.82) is 0 Å². The number of anilines is 1. The predicted octanol–water partition coefficient (Wildman–Crippen LogP) is 4.45. The molecule has 0 aromatic heterocycles. The first-order valence-corrected chi connectivity index (χ1v) is 10.1. The summed E-state index contributed by atoms with van der Waals surface area (Å²) in [7, 11) is 0. The number of benzene rings is 2. The van der Waals surface area contributed by atoms with E-state index in [9.17, 15) is 14.4 Å². The van der Waals surface area contributed by atoms with Gasteiger partial charge in [-0.1, -0.05) is 42.8 Å². The molecule has 0 aliphatic heterocycles. The predicted molar refractivity (Wildman–Crippen MR) is 116 cm³/mol. The van der Waals surface area contributed by atoms with Crippen LogP contribution in [-0.2, 0) is 9.59 Å². The van der Waals surface area contributed by atoms with Crippen LogP contribution in [0, 0.1) is 20.8 Å². The van der Waals surface area contributed by atoms with E-state index in [-0.39, 0.29) is 37.0 Å². The number of para-hydroxylation sites is 1. The van der Waals surface area contributed by atoms with E-state index < -0.39 is 0 Å². The Bertz CT molecular complexity index is 889. The summed E-state index contributed by atoms with van der Waals surface area (Å²) in [6, 6.07) is 13.3. The molecule has 0 atom stereocenters. The molecule has 0 aliphatic rings. The van der Waals surface area contributed by atoms with E-state index in [1.54, 1.807) is 0 Å². The van der Waals surface area contributed by atoms with Gasteiger partial charge in [-0.2, -0.15) is 0 Å². The zero-order valence-electron chi connectivity index (χ0n) is 17.7. The van der Waals surface area contributed by atoms with Gasteiger partial charge < -0.3 is 10.2 Å². The lowest BCUT2D eigenvalue weighted by Gasteiger charge is -2.22. The molecule has 0 spiro atoms. The highest BCUT2D eigenvalue weighted by molar-refractivity contribution is 6.00. The van der Waals surface area contributed by atoms with Crippen LogP contribution in [0.4, 0.5) is 5.69 Å². The SMILES string of the molecule is CCCN(CC(=O)Nc1ccccc1C)C(=O)CCC(=O)c1cc(C)ccc1C. The molecule has 0 saturated heterocycles. The Labute approximate surface area is 173 Å². The Morgan fingerprint density at radius 3 is 2.34 bits per heavy atom. The third-order valence-corrected chi connectivity index (χ3v) is 4.86. The van der Waals surface area contributed by atoms with Crippen molar-refractivity contribution in [3.8, 4) is 0 Å². The second-order valence-electron chi connectivity index (χ2n) is 7.42. The van der Waals surface area contributed by atoms with Crippen molar-refractivity contribution in [2.75, 3.05) is 18.4 Å². The Morgan fingerprint density at radius 1 is 0.931 bits per heavy atom. The van der Waals surface area contributed by atoms with E-state index in [1.807, 2.05) is 70.2 Å². The molecule has 0 aliphatic carbocycles. The lowest BCUT2D eigenvalue weighted by atomic mass is 9.99. The lowest BCUT2D eigenvalue weighted by Crippen LogP contribution is -2.38. The first kappa shape index (κ1) is 22.3. The molecule has 0 radical (unpaired) electrons. The van der Waals surface area contributed by atoms with Gasteiger partial charge in [0.2, 0.25) is 11.8 Å². The minimum Gasteiger partial charge on any atom is -0.333 e. The Kier molecular flexibility index (Phi) is 8.13. The van der Waals surface area contributed by atoms with E-state index >= 15 is 0 Å². The number of hydrogen-bond donors (Lipinski definition) is 1. The molecule has 2 aromatic carbocycles. The average molecular weight is 395 g/mol. The van der Waals surface area contributed by atoms with Crippen LogP contribution >= 0.6 is 0 Å². The molecule has 0 saturated carbocycles. The Hall–Kier alpha value is -2.95. The minimum absolute atomic E-state index is 0.0152. The number of aryl methyl sites for hydroxylation is 3. The van der Waals surface area contributed by atoms with Crippen molar-refractivity contribution in [3.63, 3.8) is 0 Å². The molecule has 2 rings (SSSR count). The summed E-state index contributed by atoms with van der Waals surface area (Å²) in [4.78, 5) is 39.2. The molecule has 0 fully saturated rings. The van der Waals surface area contributed by atoms with E-state index in [1.165, 1.54) is 4.90 Å². The number of Topliss-reactive ketones (excluding diaryl/α,β-unsaturated/α-hetero) is 1. The molecule has 1 N–H and O–H groups in total. The summed E-state index contributed by atoms with van der Waals surface area (Å²) >= 11 is 0. The van der Waals surface area contributed by atoms with Crippen molar-refractivity contribution in [3.05, 3.63) is 64.7 Å². The van der Waals surface area contributed by atoms with Crippen molar-refractivity contribution < 1.29 is 14.4 Å². The van der Waals surface area contributed by atoms with Crippen LogP contribution in [0.5, 0.6) is 0 Å². The van der Waals surface area contributed by atoms with Gasteiger partial charge in [-0.3, -0.25) is 14.4 Å². The van der Waals surface area contributed by atoms with E-state index in [0.29, 0.717) is 12.1 Å². The maximum Gasteiger partial charge on any atom is 0.244 e. The zero-order valence-corrected chi connectivity index (χ0v) is 17.7. The normalized spacial score (nSPS) is 10.5. The highest BCUT2D eigenvalue weighted by atomic mass is 16.2. The number of ketones is 1. The van der Waals surface area contributed by atoms with Crippen molar-refractivity contribution in [1.82, 2.24) is 4.90 Å². The third-order valence-electron chi connectivity index (χ3n) is 4.86. The molecule has 29 heavy (non-hydrogen) atoms. The lowest BCUT2D eigenvalue weighted by molar-refractivity contribution is -0.134. The second-order valence-corrected chi connectivity index (χ2v) is 7.42. The summed E-state index contributed by atoms with van der Waals surface area (Å²) in [6.45, 7) is 8.19. The van der Waals surface area contributed by atoms with Crippen LogP contribution in [0.15, 0.2) is 42.5 Å². The Balaban J connectivity index is 1.96. The van der Waals surface area contributed by atoms with Crippen molar-refractivity contribution >= 4 is 23.3 Å². The molecule has 2 aromatic rings. The molecular weight excluding hydrogens is 364 g/mol. The van der Waals surface area contributed by atoms with Gasteiger partial charge in [-0.25, -0.2) is 0 Å². The molecular formula is C24H30N2O3. The number of amides is 2. The molecule has 154 valence electrons. The van der Waals surface area contributed by atoms with Gasteiger partial charge in [-0.05, 0) is 50.5 Å². The van der Waals surface area contributed by atoms with Crippen LogP contribution < -0.4 is 5.32 Å². The monoisotopic (exact) mass is 394 g/mol. The number of carbonyl (C=O) groups excluding carboxylic acids is 3. The third kappa shape index (κ3) is 6.56. The van der Waals surface area contributed by atoms with E-state index in [0.717, 1.165) is 28.8 Å². The largest absolute Gasteiger partial charge is 0.333 e. The van der Waals surface area contributed by atoms with Gasteiger partial charge >= 0.3 is 0 Å². The van der Waals surface area contributed by atoms with Gasteiger partial charge in [0.25, 0.3) is 0 Å². The van der Waals surface area contributed by atoms with E-state index in [4.69, 9.17) is 0 Å². The number of carbonyl (C=O) groups is 3. The van der Waals surface area contributed by atoms with E-state index in [2.05, 4.69) is 5.32 Å². The standard InChI is InChI=1S/C24H30N2O3/c1-5-14-26(16-23(28)25-21-9-7-6-8-19(21)4)24(29)13-12-22(27)20-15-17(2)10-11-18(20)3/h6-11,15H,5,12-14,16H2,1-4H3,(H,25,28). The topological polar surface area (TPSA) is 66.5 Å². The number of nitrogens with zero attached hydrogens (tertiary/aromatic N) is 1. The molecule has 5 heteroatoms. The number of nitrogens with one attached hydrogen (secondary N) is 1. The van der Waals surface area contributed by atoms with Gasteiger partial charge in [0, 0.05) is 30.6 Å². The van der Waals surface area contributed by atoms with Crippen molar-refractivity contribution in [2.45, 2.75) is 47.0 Å².